The first kappa shape index (κ1) is 16.3. The predicted molar refractivity (Wildman–Crippen MR) is 89.5 cm³/mol. The van der Waals surface area contributed by atoms with Crippen molar-refractivity contribution in [2.24, 2.45) is 5.92 Å². The van der Waals surface area contributed by atoms with Crippen LogP contribution in [0.4, 0.5) is 10.5 Å². The minimum Gasteiger partial charge on any atom is -0.481 e. The summed E-state index contributed by atoms with van der Waals surface area (Å²) in [5.74, 6) is -1.17. The Morgan fingerprint density at radius 2 is 2.04 bits per heavy atom. The van der Waals surface area contributed by atoms with Crippen LogP contribution in [-0.4, -0.2) is 44.9 Å². The molecular weight excluding hydrogens is 332 g/mol. The fourth-order valence-corrected chi connectivity index (χ4v) is 2.90. The highest BCUT2D eigenvalue weighted by molar-refractivity contribution is 6.30. The number of amides is 2. The second-order valence-corrected chi connectivity index (χ2v) is 6.08. The molecule has 2 amide bonds. The number of piperidine rings is 1. The molecule has 1 aliphatic heterocycles. The zero-order valence-electron chi connectivity index (χ0n) is 12.9. The molecule has 8 heteroatoms. The molecule has 1 fully saturated rings. The summed E-state index contributed by atoms with van der Waals surface area (Å²) >= 11 is 6.04. The summed E-state index contributed by atoms with van der Waals surface area (Å²) in [5, 5.41) is 16.6. The van der Waals surface area contributed by atoms with Crippen molar-refractivity contribution in [2.75, 3.05) is 18.4 Å². The number of carbonyl (C=O) groups is 2. The van der Waals surface area contributed by atoms with E-state index in [1.165, 1.54) is 0 Å². The smallest absolute Gasteiger partial charge is 0.321 e. The van der Waals surface area contributed by atoms with Crippen molar-refractivity contribution in [1.82, 2.24) is 14.7 Å². The third-order valence-electron chi connectivity index (χ3n) is 4.08. The van der Waals surface area contributed by atoms with Crippen molar-refractivity contribution in [2.45, 2.75) is 12.8 Å². The molecule has 0 spiro atoms. The highest BCUT2D eigenvalue weighted by atomic mass is 35.5. The summed E-state index contributed by atoms with van der Waals surface area (Å²) in [6.45, 7) is 0.848. The van der Waals surface area contributed by atoms with Crippen LogP contribution in [0.2, 0.25) is 5.02 Å². The van der Waals surface area contributed by atoms with Gasteiger partial charge in [0.25, 0.3) is 0 Å². The number of hydrogen-bond donors (Lipinski definition) is 2. The lowest BCUT2D eigenvalue weighted by atomic mass is 9.97. The SMILES string of the molecule is O=C(O)C1CCN(C(=O)Nc2ccc(Cl)cc2-n2cccn2)CC1. The first-order chi connectivity index (χ1) is 11.5. The zero-order chi connectivity index (χ0) is 17.1. The first-order valence-electron chi connectivity index (χ1n) is 7.63. The summed E-state index contributed by atoms with van der Waals surface area (Å²) in [6, 6.07) is 6.67. The molecule has 0 radical (unpaired) electrons. The molecule has 24 heavy (non-hydrogen) atoms. The molecule has 7 nitrogen and oxygen atoms in total. The average Bonchev–Trinajstić information content (AvgIpc) is 3.11. The van der Waals surface area contributed by atoms with Gasteiger partial charge in [-0.1, -0.05) is 11.6 Å². The molecule has 1 aliphatic rings. The molecule has 3 rings (SSSR count). The van der Waals surface area contributed by atoms with E-state index in [2.05, 4.69) is 10.4 Å². The van der Waals surface area contributed by atoms with E-state index in [1.807, 2.05) is 0 Å². The van der Waals surface area contributed by atoms with E-state index < -0.39 is 5.97 Å². The number of benzene rings is 1. The molecule has 2 heterocycles. The van der Waals surface area contributed by atoms with Gasteiger partial charge in [0.05, 0.1) is 17.3 Å². The summed E-state index contributed by atoms with van der Waals surface area (Å²) in [5.41, 5.74) is 1.26. The molecule has 0 unspecified atom stereocenters. The van der Waals surface area contributed by atoms with Crippen LogP contribution < -0.4 is 5.32 Å². The van der Waals surface area contributed by atoms with Crippen LogP contribution >= 0.6 is 11.6 Å². The van der Waals surface area contributed by atoms with Crippen LogP contribution in [-0.2, 0) is 4.79 Å². The maximum absolute atomic E-state index is 12.5. The van der Waals surface area contributed by atoms with Crippen LogP contribution in [0.3, 0.4) is 0 Å². The number of nitrogens with one attached hydrogen (secondary N) is 1. The van der Waals surface area contributed by atoms with E-state index in [9.17, 15) is 9.59 Å². The largest absolute Gasteiger partial charge is 0.481 e. The molecule has 0 bridgehead atoms. The zero-order valence-corrected chi connectivity index (χ0v) is 13.6. The lowest BCUT2D eigenvalue weighted by Crippen LogP contribution is -2.42. The van der Waals surface area contributed by atoms with Gasteiger partial charge in [-0.25, -0.2) is 9.48 Å². The topological polar surface area (TPSA) is 87.5 Å². The number of carboxylic acid groups (broad SMARTS) is 1. The molecule has 126 valence electrons. The van der Waals surface area contributed by atoms with Gasteiger partial charge in [0.2, 0.25) is 0 Å². The van der Waals surface area contributed by atoms with Crippen molar-refractivity contribution in [3.8, 4) is 5.69 Å². The summed E-state index contributed by atoms with van der Waals surface area (Å²) in [7, 11) is 0. The Bertz CT molecular complexity index is 740. The number of likely N-dealkylation sites (tertiary alicyclic amines) is 1. The Hall–Kier alpha value is -2.54. The van der Waals surface area contributed by atoms with Crippen LogP contribution in [0.1, 0.15) is 12.8 Å². The van der Waals surface area contributed by atoms with Gasteiger partial charge in [0.15, 0.2) is 0 Å². The van der Waals surface area contributed by atoms with E-state index in [0.29, 0.717) is 42.3 Å². The fraction of sp³-hybridized carbons (Fsp3) is 0.312. The predicted octanol–water partition coefficient (Wildman–Crippen LogP) is 2.85. The standard InChI is InChI=1S/C16H17ClN4O3/c17-12-2-3-13(14(10-12)21-7-1-6-18-21)19-16(24)20-8-4-11(5-9-20)15(22)23/h1-3,6-7,10-11H,4-5,8-9H2,(H,19,24)(H,22,23). The van der Waals surface area contributed by atoms with E-state index in [4.69, 9.17) is 16.7 Å². The van der Waals surface area contributed by atoms with Crippen LogP contribution in [0.15, 0.2) is 36.7 Å². The van der Waals surface area contributed by atoms with Gasteiger partial charge in [-0.05, 0) is 37.1 Å². The number of nitrogens with zero attached hydrogens (tertiary/aromatic N) is 3. The second kappa shape index (κ2) is 6.92. The molecule has 1 aromatic carbocycles. The van der Waals surface area contributed by atoms with E-state index in [-0.39, 0.29) is 11.9 Å². The minimum atomic E-state index is -0.797. The van der Waals surface area contributed by atoms with Crippen LogP contribution in [0.25, 0.3) is 5.69 Å². The van der Waals surface area contributed by atoms with Crippen molar-refractivity contribution >= 4 is 29.3 Å². The number of rotatable bonds is 3. The van der Waals surface area contributed by atoms with Gasteiger partial charge in [0.1, 0.15) is 0 Å². The van der Waals surface area contributed by atoms with Crippen LogP contribution in [0, 0.1) is 5.92 Å². The molecule has 2 N–H and O–H groups in total. The Balaban J connectivity index is 1.72. The Morgan fingerprint density at radius 3 is 2.67 bits per heavy atom. The van der Waals surface area contributed by atoms with Gasteiger partial charge in [-0.2, -0.15) is 5.10 Å². The van der Waals surface area contributed by atoms with Crippen molar-refractivity contribution < 1.29 is 14.7 Å². The maximum atomic E-state index is 12.5. The average molecular weight is 349 g/mol. The third kappa shape index (κ3) is 3.51. The quantitative estimate of drug-likeness (QED) is 0.892. The van der Waals surface area contributed by atoms with Crippen LogP contribution in [0.5, 0.6) is 0 Å². The summed E-state index contributed by atoms with van der Waals surface area (Å²) < 4.78 is 1.62. The number of carbonyl (C=O) groups excluding carboxylic acids is 1. The molecule has 0 aliphatic carbocycles. The lowest BCUT2D eigenvalue weighted by Gasteiger charge is -2.30. The maximum Gasteiger partial charge on any atom is 0.321 e. The van der Waals surface area contributed by atoms with E-state index >= 15 is 0 Å². The van der Waals surface area contributed by atoms with E-state index in [0.717, 1.165) is 0 Å². The highest BCUT2D eigenvalue weighted by Gasteiger charge is 2.27. The monoisotopic (exact) mass is 348 g/mol. The van der Waals surface area contributed by atoms with Gasteiger partial charge < -0.3 is 15.3 Å². The number of aliphatic carboxylic acids is 1. The van der Waals surface area contributed by atoms with Gasteiger partial charge in [-0.15, -0.1) is 0 Å². The molecule has 2 aromatic rings. The number of aromatic nitrogens is 2. The Labute approximate surface area is 143 Å². The second-order valence-electron chi connectivity index (χ2n) is 5.64. The lowest BCUT2D eigenvalue weighted by molar-refractivity contribution is -0.143. The first-order valence-corrected chi connectivity index (χ1v) is 8.00. The summed E-state index contributed by atoms with van der Waals surface area (Å²) in [4.78, 5) is 25.1. The molecular formula is C16H17ClN4O3. The van der Waals surface area contributed by atoms with Crippen molar-refractivity contribution in [3.05, 3.63) is 41.7 Å². The van der Waals surface area contributed by atoms with Crippen molar-refractivity contribution in [1.29, 1.82) is 0 Å². The van der Waals surface area contributed by atoms with Gasteiger partial charge in [-0.3, -0.25) is 4.79 Å². The van der Waals surface area contributed by atoms with Gasteiger partial charge >= 0.3 is 12.0 Å². The number of hydrogen-bond acceptors (Lipinski definition) is 3. The number of halogens is 1. The third-order valence-corrected chi connectivity index (χ3v) is 4.32. The minimum absolute atomic E-state index is 0.255. The molecule has 1 saturated heterocycles. The number of urea groups is 1. The molecule has 1 aromatic heterocycles. The molecule has 0 atom stereocenters. The molecule has 0 saturated carbocycles. The number of anilines is 1. The van der Waals surface area contributed by atoms with Crippen molar-refractivity contribution in [3.63, 3.8) is 0 Å². The Morgan fingerprint density at radius 1 is 1.29 bits per heavy atom. The fourth-order valence-electron chi connectivity index (χ4n) is 2.74. The Kier molecular flexibility index (Phi) is 4.71. The summed E-state index contributed by atoms with van der Waals surface area (Å²) in [6.07, 6.45) is 4.34. The van der Waals surface area contributed by atoms with Gasteiger partial charge in [0, 0.05) is 30.5 Å². The van der Waals surface area contributed by atoms with E-state index in [1.54, 1.807) is 46.2 Å². The normalized spacial score (nSPS) is 15.3. The number of carboxylic acids is 1. The highest BCUT2D eigenvalue weighted by Crippen LogP contribution is 2.25.